The van der Waals surface area contributed by atoms with Crippen molar-refractivity contribution < 1.29 is 9.59 Å². The number of benzene rings is 2. The number of rotatable bonds is 3. The van der Waals surface area contributed by atoms with Crippen molar-refractivity contribution in [3.8, 4) is 0 Å². The smallest absolute Gasteiger partial charge is 0.253 e. The van der Waals surface area contributed by atoms with E-state index in [1.165, 1.54) is 5.56 Å². The summed E-state index contributed by atoms with van der Waals surface area (Å²) in [6.45, 7) is 9.27. The van der Waals surface area contributed by atoms with E-state index >= 15 is 0 Å². The van der Waals surface area contributed by atoms with Crippen LogP contribution in [0.1, 0.15) is 45.5 Å². The number of likely N-dealkylation sites (tertiary alicyclic amines) is 1. The van der Waals surface area contributed by atoms with Gasteiger partial charge in [-0.3, -0.25) is 9.59 Å². The molecule has 0 aliphatic carbocycles. The van der Waals surface area contributed by atoms with Gasteiger partial charge in [-0.2, -0.15) is 0 Å². The van der Waals surface area contributed by atoms with E-state index in [4.69, 9.17) is 0 Å². The summed E-state index contributed by atoms with van der Waals surface area (Å²) < 4.78 is 0. The molecule has 1 N–H and O–H groups in total. The van der Waals surface area contributed by atoms with Crippen molar-refractivity contribution in [1.29, 1.82) is 0 Å². The zero-order valence-electron chi connectivity index (χ0n) is 16.6. The number of carbonyl (C=O) groups excluding carboxylic acids is 2. The molecule has 1 aliphatic rings. The Morgan fingerprint density at radius 3 is 2.33 bits per heavy atom. The molecule has 0 aromatic heterocycles. The normalized spacial score (nSPS) is 16.9. The van der Waals surface area contributed by atoms with Crippen LogP contribution in [-0.4, -0.2) is 29.8 Å². The van der Waals surface area contributed by atoms with Gasteiger partial charge in [-0.1, -0.05) is 23.3 Å². The number of carbonyl (C=O) groups is 2. The molecule has 0 saturated carbocycles. The van der Waals surface area contributed by atoms with Crippen molar-refractivity contribution in [2.75, 3.05) is 18.4 Å². The molecular formula is C23H28N2O2. The second-order valence-electron chi connectivity index (χ2n) is 7.75. The van der Waals surface area contributed by atoms with Crippen LogP contribution in [-0.2, 0) is 4.79 Å². The average molecular weight is 364 g/mol. The molecule has 3 rings (SSSR count). The number of nitrogens with zero attached hydrogens (tertiary/aromatic N) is 1. The minimum atomic E-state index is -0.171. The number of hydrogen-bond donors (Lipinski definition) is 1. The molecule has 1 fully saturated rings. The number of aryl methyl sites for hydroxylation is 4. The Labute approximate surface area is 161 Å². The van der Waals surface area contributed by atoms with E-state index in [1.807, 2.05) is 56.0 Å². The minimum absolute atomic E-state index is 0.00354. The maximum atomic E-state index is 12.9. The molecule has 0 bridgehead atoms. The maximum Gasteiger partial charge on any atom is 0.253 e. The fourth-order valence-electron chi connectivity index (χ4n) is 3.72. The highest BCUT2D eigenvalue weighted by molar-refractivity contribution is 5.96. The number of amides is 2. The lowest BCUT2D eigenvalue weighted by Crippen LogP contribution is -2.43. The van der Waals surface area contributed by atoms with Crippen molar-refractivity contribution in [3.05, 3.63) is 64.2 Å². The third kappa shape index (κ3) is 4.57. The Morgan fingerprint density at radius 1 is 0.963 bits per heavy atom. The summed E-state index contributed by atoms with van der Waals surface area (Å²) in [6, 6.07) is 11.9. The maximum absolute atomic E-state index is 12.9. The second kappa shape index (κ2) is 7.95. The van der Waals surface area contributed by atoms with Crippen LogP contribution in [0.5, 0.6) is 0 Å². The molecule has 0 radical (unpaired) electrons. The van der Waals surface area contributed by atoms with E-state index in [1.54, 1.807) is 0 Å². The fourth-order valence-corrected chi connectivity index (χ4v) is 3.72. The highest BCUT2D eigenvalue weighted by atomic mass is 16.2. The van der Waals surface area contributed by atoms with Gasteiger partial charge >= 0.3 is 0 Å². The van der Waals surface area contributed by atoms with Crippen molar-refractivity contribution in [1.82, 2.24) is 4.90 Å². The van der Waals surface area contributed by atoms with Gasteiger partial charge in [0.1, 0.15) is 0 Å². The summed E-state index contributed by atoms with van der Waals surface area (Å²) in [7, 11) is 0. The van der Waals surface area contributed by atoms with Crippen LogP contribution in [0.2, 0.25) is 0 Å². The van der Waals surface area contributed by atoms with E-state index in [0.29, 0.717) is 18.7 Å². The van der Waals surface area contributed by atoms with Gasteiger partial charge in [-0.15, -0.1) is 0 Å². The molecule has 1 atom stereocenters. The van der Waals surface area contributed by atoms with Crippen LogP contribution in [0.3, 0.4) is 0 Å². The first-order valence-corrected chi connectivity index (χ1v) is 9.59. The van der Waals surface area contributed by atoms with E-state index < -0.39 is 0 Å². The molecule has 1 saturated heterocycles. The molecular weight excluding hydrogens is 336 g/mol. The molecule has 1 unspecified atom stereocenters. The van der Waals surface area contributed by atoms with Crippen LogP contribution >= 0.6 is 0 Å². The lowest BCUT2D eigenvalue weighted by molar-refractivity contribution is -0.121. The van der Waals surface area contributed by atoms with Crippen molar-refractivity contribution >= 4 is 17.5 Å². The first-order valence-electron chi connectivity index (χ1n) is 9.59. The molecule has 2 amide bonds. The molecule has 1 aliphatic heterocycles. The summed E-state index contributed by atoms with van der Waals surface area (Å²) >= 11 is 0. The summed E-state index contributed by atoms with van der Waals surface area (Å²) in [5, 5.41) is 3.02. The summed E-state index contributed by atoms with van der Waals surface area (Å²) in [5.74, 6) is -0.156. The molecule has 27 heavy (non-hydrogen) atoms. The topological polar surface area (TPSA) is 49.4 Å². The Hall–Kier alpha value is -2.62. The molecule has 142 valence electrons. The third-order valence-electron chi connectivity index (χ3n) is 5.32. The lowest BCUT2D eigenvalue weighted by atomic mass is 9.96. The van der Waals surface area contributed by atoms with Crippen molar-refractivity contribution in [3.63, 3.8) is 0 Å². The van der Waals surface area contributed by atoms with E-state index in [9.17, 15) is 9.59 Å². The fraction of sp³-hybridized carbons (Fsp3) is 0.391. The number of nitrogens with one attached hydrogen (secondary N) is 1. The van der Waals surface area contributed by atoms with Crippen LogP contribution in [0.25, 0.3) is 0 Å². The van der Waals surface area contributed by atoms with Crippen LogP contribution in [0.4, 0.5) is 5.69 Å². The molecule has 1 heterocycles. The predicted molar refractivity (Wildman–Crippen MR) is 109 cm³/mol. The number of piperidine rings is 1. The Kier molecular flexibility index (Phi) is 5.64. The van der Waals surface area contributed by atoms with E-state index in [-0.39, 0.29) is 17.7 Å². The molecule has 4 nitrogen and oxygen atoms in total. The SMILES string of the molecule is Cc1cc(C)cc(C(=O)N2CCCC(C(=O)Nc3ccc(C)c(C)c3)C2)c1. The molecule has 0 spiro atoms. The highest BCUT2D eigenvalue weighted by Crippen LogP contribution is 2.22. The minimum Gasteiger partial charge on any atom is -0.338 e. The summed E-state index contributed by atoms with van der Waals surface area (Å²) in [4.78, 5) is 27.5. The van der Waals surface area contributed by atoms with Gasteiger partial charge in [0, 0.05) is 24.3 Å². The quantitative estimate of drug-likeness (QED) is 0.877. The summed E-state index contributed by atoms with van der Waals surface area (Å²) in [5.41, 5.74) is 6.06. The predicted octanol–water partition coefficient (Wildman–Crippen LogP) is 4.41. The van der Waals surface area contributed by atoms with Gasteiger partial charge in [0.15, 0.2) is 0 Å². The second-order valence-corrected chi connectivity index (χ2v) is 7.75. The first kappa shape index (κ1) is 19.2. The van der Waals surface area contributed by atoms with Gasteiger partial charge in [0.05, 0.1) is 5.92 Å². The molecule has 4 heteroatoms. The van der Waals surface area contributed by atoms with Gasteiger partial charge in [0.2, 0.25) is 5.91 Å². The number of anilines is 1. The number of hydrogen-bond acceptors (Lipinski definition) is 2. The molecule has 2 aromatic carbocycles. The van der Waals surface area contributed by atoms with Gasteiger partial charge < -0.3 is 10.2 Å². The van der Waals surface area contributed by atoms with Gasteiger partial charge in [-0.25, -0.2) is 0 Å². The molecule has 2 aromatic rings. The van der Waals surface area contributed by atoms with Crippen molar-refractivity contribution in [2.45, 2.75) is 40.5 Å². The third-order valence-corrected chi connectivity index (χ3v) is 5.32. The zero-order valence-corrected chi connectivity index (χ0v) is 16.6. The average Bonchev–Trinajstić information content (AvgIpc) is 2.63. The van der Waals surface area contributed by atoms with Crippen molar-refractivity contribution in [2.24, 2.45) is 5.92 Å². The largest absolute Gasteiger partial charge is 0.338 e. The Balaban J connectivity index is 1.68. The highest BCUT2D eigenvalue weighted by Gasteiger charge is 2.29. The summed E-state index contributed by atoms with van der Waals surface area (Å²) in [6.07, 6.45) is 1.66. The van der Waals surface area contributed by atoms with E-state index in [0.717, 1.165) is 35.2 Å². The van der Waals surface area contributed by atoms with Crippen LogP contribution < -0.4 is 5.32 Å². The Bertz CT molecular complexity index is 852. The monoisotopic (exact) mass is 364 g/mol. The van der Waals surface area contributed by atoms with Gasteiger partial charge in [-0.05, 0) is 75.9 Å². The standard InChI is InChI=1S/C23H28N2O2/c1-15-10-16(2)12-20(11-15)23(27)25-9-5-6-19(14-25)22(26)24-21-8-7-17(3)18(4)13-21/h7-8,10-13,19H,5-6,9,14H2,1-4H3,(H,24,26). The Morgan fingerprint density at radius 2 is 1.67 bits per heavy atom. The van der Waals surface area contributed by atoms with Crippen LogP contribution in [0.15, 0.2) is 36.4 Å². The lowest BCUT2D eigenvalue weighted by Gasteiger charge is -2.32. The van der Waals surface area contributed by atoms with Crippen LogP contribution in [0, 0.1) is 33.6 Å². The first-order chi connectivity index (χ1) is 12.8. The zero-order chi connectivity index (χ0) is 19.6. The van der Waals surface area contributed by atoms with Gasteiger partial charge in [0.25, 0.3) is 5.91 Å². The van der Waals surface area contributed by atoms with E-state index in [2.05, 4.69) is 18.3 Å².